The van der Waals surface area contributed by atoms with Gasteiger partial charge in [0.15, 0.2) is 5.96 Å². The quantitative estimate of drug-likeness (QED) is 0.572. The number of hydrogen-bond acceptors (Lipinski definition) is 2. The summed E-state index contributed by atoms with van der Waals surface area (Å²) in [6.07, 6.45) is -4.35. The molecule has 1 aromatic carbocycles. The van der Waals surface area contributed by atoms with Gasteiger partial charge in [-0.2, -0.15) is 13.2 Å². The average Bonchev–Trinajstić information content (AvgIpc) is 2.41. The number of hydrogen-bond donors (Lipinski definition) is 3. The van der Waals surface area contributed by atoms with Crippen LogP contribution in [0.25, 0.3) is 0 Å². The van der Waals surface area contributed by atoms with Crippen molar-refractivity contribution in [3.8, 4) is 0 Å². The Bertz CT molecular complexity index is 447. The van der Waals surface area contributed by atoms with Crippen LogP contribution in [-0.4, -0.2) is 30.8 Å². The Labute approximate surface area is 115 Å². The van der Waals surface area contributed by atoms with Crippen LogP contribution in [-0.2, 0) is 12.7 Å². The lowest BCUT2D eigenvalue weighted by atomic mass is 10.1. The Morgan fingerprint density at radius 1 is 1.30 bits per heavy atom. The van der Waals surface area contributed by atoms with Gasteiger partial charge in [-0.25, -0.2) is 4.99 Å². The molecule has 0 fully saturated rings. The summed E-state index contributed by atoms with van der Waals surface area (Å²) in [4.78, 5) is 4.16. The Morgan fingerprint density at radius 2 is 2.05 bits per heavy atom. The number of nitrogens with zero attached hydrogens (tertiary/aromatic N) is 1. The van der Waals surface area contributed by atoms with Crippen LogP contribution >= 0.6 is 0 Å². The first-order chi connectivity index (χ1) is 9.47. The minimum atomic E-state index is -4.35. The fourth-order valence-corrected chi connectivity index (χ4v) is 1.53. The SMILES string of the molecule is CCNC(=NCc1cccc(C(F)(F)F)c1)NCCO. The van der Waals surface area contributed by atoms with Crippen molar-refractivity contribution in [1.29, 1.82) is 0 Å². The molecule has 0 amide bonds. The van der Waals surface area contributed by atoms with E-state index >= 15 is 0 Å². The van der Waals surface area contributed by atoms with E-state index in [1.54, 1.807) is 6.07 Å². The summed E-state index contributed by atoms with van der Waals surface area (Å²) >= 11 is 0. The van der Waals surface area contributed by atoms with Crippen molar-refractivity contribution in [1.82, 2.24) is 10.6 Å². The second-order valence-corrected chi connectivity index (χ2v) is 4.04. The third kappa shape index (κ3) is 5.48. The summed E-state index contributed by atoms with van der Waals surface area (Å²) in [7, 11) is 0. The first kappa shape index (κ1) is 16.3. The predicted molar refractivity (Wildman–Crippen MR) is 71.3 cm³/mol. The predicted octanol–water partition coefficient (Wildman–Crippen LogP) is 1.75. The van der Waals surface area contributed by atoms with Crippen LogP contribution in [0.2, 0.25) is 0 Å². The van der Waals surface area contributed by atoms with Gasteiger partial charge in [0.1, 0.15) is 0 Å². The maximum atomic E-state index is 12.6. The first-order valence-corrected chi connectivity index (χ1v) is 6.26. The summed E-state index contributed by atoms with van der Waals surface area (Å²) in [5.41, 5.74) is -0.209. The summed E-state index contributed by atoms with van der Waals surface area (Å²) in [5, 5.41) is 14.5. The summed E-state index contributed by atoms with van der Waals surface area (Å²) in [5.74, 6) is 0.457. The highest BCUT2D eigenvalue weighted by atomic mass is 19.4. The topological polar surface area (TPSA) is 56.7 Å². The third-order valence-corrected chi connectivity index (χ3v) is 2.42. The van der Waals surface area contributed by atoms with Crippen LogP contribution in [0, 0.1) is 0 Å². The van der Waals surface area contributed by atoms with Gasteiger partial charge in [0.05, 0.1) is 18.7 Å². The van der Waals surface area contributed by atoms with Gasteiger partial charge in [0.2, 0.25) is 0 Å². The molecule has 0 spiro atoms. The first-order valence-electron chi connectivity index (χ1n) is 6.26. The van der Waals surface area contributed by atoms with Crippen molar-refractivity contribution in [2.45, 2.75) is 19.6 Å². The van der Waals surface area contributed by atoms with Gasteiger partial charge < -0.3 is 15.7 Å². The molecule has 1 rings (SSSR count). The normalized spacial score (nSPS) is 12.3. The van der Waals surface area contributed by atoms with Gasteiger partial charge >= 0.3 is 6.18 Å². The lowest BCUT2D eigenvalue weighted by Gasteiger charge is -2.11. The molecule has 3 N–H and O–H groups in total. The maximum absolute atomic E-state index is 12.6. The number of alkyl halides is 3. The fraction of sp³-hybridized carbons (Fsp3) is 0.462. The van der Waals surface area contributed by atoms with E-state index in [2.05, 4.69) is 15.6 Å². The molecular formula is C13H18F3N3O. The van der Waals surface area contributed by atoms with Crippen molar-refractivity contribution in [2.24, 2.45) is 4.99 Å². The van der Waals surface area contributed by atoms with Gasteiger partial charge in [-0.15, -0.1) is 0 Å². The van der Waals surface area contributed by atoms with E-state index < -0.39 is 11.7 Å². The summed E-state index contributed by atoms with van der Waals surface area (Å²) < 4.78 is 37.7. The lowest BCUT2D eigenvalue weighted by molar-refractivity contribution is -0.137. The van der Waals surface area contributed by atoms with Crippen molar-refractivity contribution < 1.29 is 18.3 Å². The van der Waals surface area contributed by atoms with Crippen molar-refractivity contribution in [3.63, 3.8) is 0 Å². The monoisotopic (exact) mass is 289 g/mol. The zero-order chi connectivity index (χ0) is 15.0. The largest absolute Gasteiger partial charge is 0.416 e. The number of benzene rings is 1. The van der Waals surface area contributed by atoms with E-state index in [0.29, 0.717) is 24.6 Å². The molecule has 112 valence electrons. The second-order valence-electron chi connectivity index (χ2n) is 4.04. The van der Waals surface area contributed by atoms with Gasteiger partial charge in [-0.3, -0.25) is 0 Å². The molecule has 0 aliphatic heterocycles. The van der Waals surface area contributed by atoms with Gasteiger partial charge in [-0.05, 0) is 24.6 Å². The molecular weight excluding hydrogens is 271 g/mol. The molecule has 0 aliphatic rings. The number of rotatable bonds is 5. The zero-order valence-corrected chi connectivity index (χ0v) is 11.2. The van der Waals surface area contributed by atoms with Crippen LogP contribution in [0.15, 0.2) is 29.3 Å². The van der Waals surface area contributed by atoms with Gasteiger partial charge in [0.25, 0.3) is 0 Å². The molecule has 20 heavy (non-hydrogen) atoms. The van der Waals surface area contributed by atoms with Crippen LogP contribution in [0.4, 0.5) is 13.2 Å². The molecule has 0 unspecified atom stereocenters. The highest BCUT2D eigenvalue weighted by molar-refractivity contribution is 5.79. The number of aliphatic hydroxyl groups excluding tert-OH is 1. The average molecular weight is 289 g/mol. The van der Waals surface area contributed by atoms with Crippen LogP contribution in [0.5, 0.6) is 0 Å². The number of halogens is 3. The molecule has 1 aromatic rings. The Morgan fingerprint density at radius 3 is 2.65 bits per heavy atom. The highest BCUT2D eigenvalue weighted by Gasteiger charge is 2.30. The standard InChI is InChI=1S/C13H18F3N3O/c1-2-17-12(18-6-7-20)19-9-10-4-3-5-11(8-10)13(14,15)16/h3-5,8,20H,2,6-7,9H2,1H3,(H2,17,18,19). The molecule has 7 heteroatoms. The van der Waals surface area contributed by atoms with Gasteiger partial charge in [0, 0.05) is 13.1 Å². The van der Waals surface area contributed by atoms with Crippen molar-refractivity contribution in [2.75, 3.05) is 19.7 Å². The third-order valence-electron chi connectivity index (χ3n) is 2.42. The Balaban J connectivity index is 2.75. The number of nitrogens with one attached hydrogen (secondary N) is 2. The van der Waals surface area contributed by atoms with E-state index in [9.17, 15) is 13.2 Å². The second kappa shape index (κ2) is 7.74. The minimum Gasteiger partial charge on any atom is -0.395 e. The molecule has 0 bridgehead atoms. The number of aliphatic imine (C=N–C) groups is 1. The van der Waals surface area contributed by atoms with Gasteiger partial charge in [-0.1, -0.05) is 12.1 Å². The number of guanidine groups is 1. The van der Waals surface area contributed by atoms with E-state index in [-0.39, 0.29) is 13.2 Å². The van der Waals surface area contributed by atoms with Crippen molar-refractivity contribution in [3.05, 3.63) is 35.4 Å². The van der Waals surface area contributed by atoms with Crippen LogP contribution < -0.4 is 10.6 Å². The van der Waals surface area contributed by atoms with E-state index in [1.807, 2.05) is 6.92 Å². The maximum Gasteiger partial charge on any atom is 0.416 e. The fourth-order valence-electron chi connectivity index (χ4n) is 1.53. The molecule has 4 nitrogen and oxygen atoms in total. The zero-order valence-electron chi connectivity index (χ0n) is 11.2. The molecule has 0 atom stereocenters. The lowest BCUT2D eigenvalue weighted by Crippen LogP contribution is -2.38. The smallest absolute Gasteiger partial charge is 0.395 e. The molecule has 0 heterocycles. The van der Waals surface area contributed by atoms with Crippen LogP contribution in [0.3, 0.4) is 0 Å². The van der Waals surface area contributed by atoms with E-state index in [1.165, 1.54) is 6.07 Å². The van der Waals surface area contributed by atoms with Crippen LogP contribution in [0.1, 0.15) is 18.1 Å². The Kier molecular flexibility index (Phi) is 6.30. The molecule has 0 aliphatic carbocycles. The summed E-state index contributed by atoms with van der Waals surface area (Å²) in [6.45, 7) is 2.91. The van der Waals surface area contributed by atoms with E-state index in [0.717, 1.165) is 12.1 Å². The van der Waals surface area contributed by atoms with Crippen molar-refractivity contribution >= 4 is 5.96 Å². The van der Waals surface area contributed by atoms with E-state index in [4.69, 9.17) is 5.11 Å². The molecule has 0 aromatic heterocycles. The number of aliphatic hydroxyl groups is 1. The minimum absolute atomic E-state index is 0.0476. The Hall–Kier alpha value is -1.76. The molecule has 0 radical (unpaired) electrons. The molecule has 0 saturated heterocycles. The summed E-state index contributed by atoms with van der Waals surface area (Å²) in [6, 6.07) is 5.07. The molecule has 0 saturated carbocycles. The highest BCUT2D eigenvalue weighted by Crippen LogP contribution is 2.29.